The van der Waals surface area contributed by atoms with Gasteiger partial charge in [0.25, 0.3) is 0 Å². The lowest BCUT2D eigenvalue weighted by Crippen LogP contribution is -2.05. The predicted octanol–water partition coefficient (Wildman–Crippen LogP) is 2.39. The van der Waals surface area contributed by atoms with Crippen LogP contribution in [0.5, 0.6) is 0 Å². The van der Waals surface area contributed by atoms with Gasteiger partial charge >= 0.3 is 0 Å². The molecule has 0 unspecified atom stereocenters. The third kappa shape index (κ3) is 2.98. The van der Waals surface area contributed by atoms with Gasteiger partial charge in [-0.1, -0.05) is 12.8 Å². The van der Waals surface area contributed by atoms with Crippen molar-refractivity contribution in [2.75, 3.05) is 11.9 Å². The molecule has 1 aliphatic carbocycles. The van der Waals surface area contributed by atoms with Gasteiger partial charge in [-0.2, -0.15) is 0 Å². The molecule has 76 valence electrons. The van der Waals surface area contributed by atoms with Crippen molar-refractivity contribution in [3.63, 3.8) is 0 Å². The maximum atomic E-state index is 4.28. The second kappa shape index (κ2) is 4.40. The lowest BCUT2D eigenvalue weighted by molar-refractivity contribution is 0.685. The molecule has 1 fully saturated rings. The fourth-order valence-electron chi connectivity index (χ4n) is 1.53. The average molecular weight is 191 g/mol. The molecule has 1 aliphatic rings. The normalized spacial score (nSPS) is 15.5. The first-order valence-electron chi connectivity index (χ1n) is 5.38. The van der Waals surface area contributed by atoms with Gasteiger partial charge in [0.2, 0.25) is 5.95 Å². The molecule has 0 aromatic carbocycles. The minimum Gasteiger partial charge on any atom is -0.354 e. The topological polar surface area (TPSA) is 37.8 Å². The summed E-state index contributed by atoms with van der Waals surface area (Å²) in [6, 6.07) is 1.91. The van der Waals surface area contributed by atoms with Crippen molar-refractivity contribution in [2.45, 2.75) is 32.6 Å². The van der Waals surface area contributed by atoms with Gasteiger partial charge in [-0.3, -0.25) is 0 Å². The molecule has 0 radical (unpaired) electrons. The standard InChI is InChI=1S/C11H17N3/c1-9-6-8-13-11(14-9)12-7-2-3-10-4-5-10/h6,8,10H,2-5,7H2,1H3,(H,12,13,14). The first-order chi connectivity index (χ1) is 6.84. The van der Waals surface area contributed by atoms with Crippen LogP contribution in [0.4, 0.5) is 5.95 Å². The minimum absolute atomic E-state index is 0.765. The largest absolute Gasteiger partial charge is 0.354 e. The maximum Gasteiger partial charge on any atom is 0.222 e. The van der Waals surface area contributed by atoms with Crippen LogP contribution in [0.2, 0.25) is 0 Å². The molecule has 0 atom stereocenters. The quantitative estimate of drug-likeness (QED) is 0.726. The summed E-state index contributed by atoms with van der Waals surface area (Å²) in [6.07, 6.45) is 7.29. The highest BCUT2D eigenvalue weighted by molar-refractivity contribution is 5.24. The Kier molecular flexibility index (Phi) is 2.96. The molecule has 1 heterocycles. The first-order valence-corrected chi connectivity index (χ1v) is 5.38. The molecule has 1 N–H and O–H groups in total. The van der Waals surface area contributed by atoms with Gasteiger partial charge in [-0.15, -0.1) is 0 Å². The van der Waals surface area contributed by atoms with Crippen LogP contribution in [0.3, 0.4) is 0 Å². The number of aryl methyl sites for hydroxylation is 1. The predicted molar refractivity (Wildman–Crippen MR) is 57.2 cm³/mol. The molecule has 3 heteroatoms. The van der Waals surface area contributed by atoms with Crippen molar-refractivity contribution < 1.29 is 0 Å². The molecule has 0 aliphatic heterocycles. The fourth-order valence-corrected chi connectivity index (χ4v) is 1.53. The Morgan fingerprint density at radius 2 is 2.36 bits per heavy atom. The number of nitrogens with one attached hydrogen (secondary N) is 1. The number of aromatic nitrogens is 2. The molecule has 0 amide bonds. The first kappa shape index (κ1) is 9.44. The van der Waals surface area contributed by atoms with Crippen molar-refractivity contribution >= 4 is 5.95 Å². The molecule has 0 bridgehead atoms. The van der Waals surface area contributed by atoms with E-state index in [1.54, 1.807) is 6.20 Å². The van der Waals surface area contributed by atoms with Gasteiger partial charge in [0.05, 0.1) is 0 Å². The van der Waals surface area contributed by atoms with Crippen molar-refractivity contribution in [2.24, 2.45) is 5.92 Å². The highest BCUT2D eigenvalue weighted by Gasteiger charge is 2.19. The number of hydrogen-bond acceptors (Lipinski definition) is 3. The summed E-state index contributed by atoms with van der Waals surface area (Å²) in [6.45, 7) is 2.98. The summed E-state index contributed by atoms with van der Waals surface area (Å²) in [7, 11) is 0. The molecule has 0 saturated heterocycles. The van der Waals surface area contributed by atoms with E-state index in [4.69, 9.17) is 0 Å². The van der Waals surface area contributed by atoms with Crippen molar-refractivity contribution in [3.8, 4) is 0 Å². The summed E-state index contributed by atoms with van der Waals surface area (Å²) in [5.74, 6) is 1.79. The Morgan fingerprint density at radius 3 is 3.07 bits per heavy atom. The Bertz CT molecular complexity index is 294. The number of anilines is 1. The van der Waals surface area contributed by atoms with E-state index in [1.807, 2.05) is 13.0 Å². The van der Waals surface area contributed by atoms with Crippen LogP contribution >= 0.6 is 0 Å². The molecule has 14 heavy (non-hydrogen) atoms. The lowest BCUT2D eigenvalue weighted by atomic mass is 10.2. The molecular formula is C11H17N3. The van der Waals surface area contributed by atoms with E-state index in [0.717, 1.165) is 24.1 Å². The highest BCUT2D eigenvalue weighted by Crippen LogP contribution is 2.33. The molecule has 2 rings (SSSR count). The van der Waals surface area contributed by atoms with Crippen LogP contribution in [-0.2, 0) is 0 Å². The van der Waals surface area contributed by atoms with Crippen LogP contribution < -0.4 is 5.32 Å². The smallest absolute Gasteiger partial charge is 0.222 e. The zero-order valence-electron chi connectivity index (χ0n) is 8.66. The van der Waals surface area contributed by atoms with Crippen molar-refractivity contribution in [3.05, 3.63) is 18.0 Å². The number of nitrogens with zero attached hydrogens (tertiary/aromatic N) is 2. The second-order valence-corrected chi connectivity index (χ2v) is 4.03. The highest BCUT2D eigenvalue weighted by atomic mass is 15.1. The van der Waals surface area contributed by atoms with Crippen LogP contribution in [0.15, 0.2) is 12.3 Å². The van der Waals surface area contributed by atoms with E-state index in [0.29, 0.717) is 0 Å². The monoisotopic (exact) mass is 191 g/mol. The van der Waals surface area contributed by atoms with Gasteiger partial charge in [-0.05, 0) is 31.7 Å². The maximum absolute atomic E-state index is 4.28. The third-order valence-electron chi connectivity index (χ3n) is 2.56. The Balaban J connectivity index is 1.68. The van der Waals surface area contributed by atoms with Crippen LogP contribution in [0.25, 0.3) is 0 Å². The Hall–Kier alpha value is -1.12. The van der Waals surface area contributed by atoms with Gasteiger partial charge in [0.1, 0.15) is 0 Å². The molecular weight excluding hydrogens is 174 g/mol. The second-order valence-electron chi connectivity index (χ2n) is 4.03. The van der Waals surface area contributed by atoms with E-state index in [2.05, 4.69) is 15.3 Å². The molecule has 1 saturated carbocycles. The van der Waals surface area contributed by atoms with Gasteiger partial charge < -0.3 is 5.32 Å². The Morgan fingerprint density at radius 1 is 1.50 bits per heavy atom. The zero-order chi connectivity index (χ0) is 9.80. The van der Waals surface area contributed by atoms with Gasteiger partial charge in [0.15, 0.2) is 0 Å². The average Bonchev–Trinajstić information content (AvgIpc) is 2.96. The van der Waals surface area contributed by atoms with Gasteiger partial charge in [-0.25, -0.2) is 9.97 Å². The van der Waals surface area contributed by atoms with E-state index >= 15 is 0 Å². The van der Waals surface area contributed by atoms with Crippen molar-refractivity contribution in [1.82, 2.24) is 9.97 Å². The number of hydrogen-bond donors (Lipinski definition) is 1. The van der Waals surface area contributed by atoms with E-state index in [-0.39, 0.29) is 0 Å². The van der Waals surface area contributed by atoms with Gasteiger partial charge in [0, 0.05) is 18.4 Å². The third-order valence-corrected chi connectivity index (χ3v) is 2.56. The minimum atomic E-state index is 0.765. The van der Waals surface area contributed by atoms with E-state index in [1.165, 1.54) is 25.7 Å². The molecule has 3 nitrogen and oxygen atoms in total. The zero-order valence-corrected chi connectivity index (χ0v) is 8.66. The lowest BCUT2D eigenvalue weighted by Gasteiger charge is -2.03. The van der Waals surface area contributed by atoms with E-state index in [9.17, 15) is 0 Å². The van der Waals surface area contributed by atoms with E-state index < -0.39 is 0 Å². The molecule has 1 aromatic rings. The summed E-state index contributed by atoms with van der Waals surface area (Å²) >= 11 is 0. The van der Waals surface area contributed by atoms with Crippen LogP contribution in [0.1, 0.15) is 31.4 Å². The Labute approximate surface area is 85.0 Å². The van der Waals surface area contributed by atoms with Crippen molar-refractivity contribution in [1.29, 1.82) is 0 Å². The summed E-state index contributed by atoms with van der Waals surface area (Å²) in [4.78, 5) is 8.43. The molecule has 0 spiro atoms. The summed E-state index contributed by atoms with van der Waals surface area (Å²) in [5, 5.41) is 3.25. The fraction of sp³-hybridized carbons (Fsp3) is 0.636. The molecule has 1 aromatic heterocycles. The SMILES string of the molecule is Cc1ccnc(NCCCC2CC2)n1. The number of rotatable bonds is 5. The van der Waals surface area contributed by atoms with Crippen LogP contribution in [-0.4, -0.2) is 16.5 Å². The summed E-state index contributed by atoms with van der Waals surface area (Å²) in [5.41, 5.74) is 1.02. The van der Waals surface area contributed by atoms with Crippen LogP contribution in [0, 0.1) is 12.8 Å². The summed E-state index contributed by atoms with van der Waals surface area (Å²) < 4.78 is 0.